The molecule has 19 heavy (non-hydrogen) atoms. The van der Waals surface area contributed by atoms with Gasteiger partial charge in [0.15, 0.2) is 5.79 Å². The third-order valence-corrected chi connectivity index (χ3v) is 7.07. The molecule has 0 aromatic carbocycles. The van der Waals surface area contributed by atoms with Gasteiger partial charge in [0, 0.05) is 24.7 Å². The molecule has 4 rings (SSSR count). The van der Waals surface area contributed by atoms with E-state index >= 15 is 0 Å². The average Bonchev–Trinajstić information content (AvgIpc) is 2.97. The van der Waals surface area contributed by atoms with Gasteiger partial charge in [0.25, 0.3) is 0 Å². The van der Waals surface area contributed by atoms with Crippen molar-refractivity contribution in [1.82, 2.24) is 0 Å². The molecule has 1 saturated heterocycles. The van der Waals surface area contributed by atoms with Crippen LogP contribution in [-0.4, -0.2) is 24.8 Å². The van der Waals surface area contributed by atoms with Crippen LogP contribution in [-0.2, 0) is 14.3 Å². The maximum absolute atomic E-state index is 12.2. The molecule has 3 heteroatoms. The summed E-state index contributed by atoms with van der Waals surface area (Å²) in [5.41, 5.74) is 0.396. The maximum atomic E-state index is 12.2. The van der Waals surface area contributed by atoms with Gasteiger partial charge in [-0.15, -0.1) is 0 Å². The molecule has 2 spiro atoms. The summed E-state index contributed by atoms with van der Waals surface area (Å²) >= 11 is 0. The fourth-order valence-electron chi connectivity index (χ4n) is 6.02. The molecule has 3 aliphatic carbocycles. The lowest BCUT2D eigenvalue weighted by Crippen LogP contribution is -2.47. The number of hydrogen-bond acceptors (Lipinski definition) is 3. The van der Waals surface area contributed by atoms with Gasteiger partial charge < -0.3 is 9.47 Å². The second kappa shape index (κ2) is 3.43. The van der Waals surface area contributed by atoms with E-state index in [-0.39, 0.29) is 22.5 Å². The lowest BCUT2D eigenvalue weighted by Gasteiger charge is -2.45. The first-order valence-electron chi connectivity index (χ1n) is 7.73. The van der Waals surface area contributed by atoms with Crippen LogP contribution in [0.1, 0.15) is 46.5 Å². The molecule has 4 atom stereocenters. The van der Waals surface area contributed by atoms with Gasteiger partial charge >= 0.3 is 0 Å². The van der Waals surface area contributed by atoms with E-state index in [1.807, 2.05) is 0 Å². The van der Waals surface area contributed by atoms with Crippen LogP contribution in [0.25, 0.3) is 0 Å². The topological polar surface area (TPSA) is 35.5 Å². The highest BCUT2D eigenvalue weighted by Crippen LogP contribution is 2.73. The fourth-order valence-corrected chi connectivity index (χ4v) is 6.02. The number of fused-ring (bicyclic) bond motifs is 2. The third-order valence-electron chi connectivity index (χ3n) is 7.07. The van der Waals surface area contributed by atoms with Crippen LogP contribution in [0.15, 0.2) is 0 Å². The molecule has 0 amide bonds. The number of carbonyl (C=O) groups is 1. The molecule has 1 aliphatic heterocycles. The van der Waals surface area contributed by atoms with Crippen LogP contribution in [0.3, 0.4) is 0 Å². The minimum absolute atomic E-state index is 0.154. The molecular weight excluding hydrogens is 240 g/mol. The van der Waals surface area contributed by atoms with Crippen LogP contribution in [0.4, 0.5) is 0 Å². The van der Waals surface area contributed by atoms with Crippen LogP contribution in [0, 0.1) is 28.6 Å². The van der Waals surface area contributed by atoms with E-state index in [9.17, 15) is 4.79 Å². The van der Waals surface area contributed by atoms with Crippen LogP contribution in [0.5, 0.6) is 0 Å². The van der Waals surface area contributed by atoms with E-state index in [4.69, 9.17) is 9.47 Å². The molecule has 4 aliphatic rings. The molecule has 4 fully saturated rings. The zero-order valence-electron chi connectivity index (χ0n) is 12.2. The standard InChI is InChI=1S/C16H24O3/c1-10-11(17)8-12-14(2,3)13-9-15(10,12)4-5-16(13)18-6-7-19-16/h10,12-13H,4-9H2,1-3H3/t10-,12-,13+,15-/m0/s1. The minimum atomic E-state index is -0.331. The van der Waals surface area contributed by atoms with Crippen molar-refractivity contribution in [2.75, 3.05) is 13.2 Å². The molecule has 0 aromatic rings. The molecule has 3 nitrogen and oxygen atoms in total. The van der Waals surface area contributed by atoms with Crippen molar-refractivity contribution in [2.45, 2.75) is 52.2 Å². The van der Waals surface area contributed by atoms with Crippen molar-refractivity contribution >= 4 is 5.78 Å². The summed E-state index contributed by atoms with van der Waals surface area (Å²) in [5, 5.41) is 0. The monoisotopic (exact) mass is 264 g/mol. The minimum Gasteiger partial charge on any atom is -0.347 e. The summed E-state index contributed by atoms with van der Waals surface area (Å²) in [6, 6.07) is 0. The fraction of sp³-hybridized carbons (Fsp3) is 0.938. The molecule has 106 valence electrons. The van der Waals surface area contributed by atoms with E-state index in [1.54, 1.807) is 0 Å². The van der Waals surface area contributed by atoms with E-state index < -0.39 is 0 Å². The van der Waals surface area contributed by atoms with Crippen molar-refractivity contribution in [1.29, 1.82) is 0 Å². The Morgan fingerprint density at radius 3 is 2.47 bits per heavy atom. The molecule has 3 saturated carbocycles. The second-order valence-corrected chi connectivity index (χ2v) is 7.76. The SMILES string of the molecule is C[C@H]1C(=O)C[C@H]2C(C)(C)[C@H]3C[C@@]12CCC31OCCO1. The zero-order chi connectivity index (χ0) is 13.5. The second-order valence-electron chi connectivity index (χ2n) is 7.76. The molecule has 0 aromatic heterocycles. The molecule has 1 heterocycles. The molecule has 0 N–H and O–H groups in total. The first-order chi connectivity index (χ1) is 8.92. The highest BCUT2D eigenvalue weighted by Gasteiger charge is 2.72. The zero-order valence-corrected chi connectivity index (χ0v) is 12.2. The molecule has 2 bridgehead atoms. The first kappa shape index (κ1) is 12.3. The van der Waals surface area contributed by atoms with Gasteiger partial charge in [0.05, 0.1) is 13.2 Å². The van der Waals surface area contributed by atoms with Crippen molar-refractivity contribution in [3.05, 3.63) is 0 Å². The van der Waals surface area contributed by atoms with Gasteiger partial charge in [-0.1, -0.05) is 20.8 Å². The van der Waals surface area contributed by atoms with Crippen LogP contribution >= 0.6 is 0 Å². The summed E-state index contributed by atoms with van der Waals surface area (Å²) in [6.45, 7) is 8.31. The Kier molecular flexibility index (Phi) is 2.23. The summed E-state index contributed by atoms with van der Waals surface area (Å²) in [6.07, 6.45) is 3.98. The van der Waals surface area contributed by atoms with Crippen molar-refractivity contribution in [2.24, 2.45) is 28.6 Å². The maximum Gasteiger partial charge on any atom is 0.171 e. The number of carbonyl (C=O) groups excluding carboxylic acids is 1. The highest BCUT2D eigenvalue weighted by molar-refractivity contribution is 5.85. The van der Waals surface area contributed by atoms with E-state index in [0.29, 0.717) is 17.6 Å². The lowest BCUT2D eigenvalue weighted by molar-refractivity contribution is -0.231. The van der Waals surface area contributed by atoms with Gasteiger partial charge in [-0.25, -0.2) is 0 Å². The Bertz CT molecular complexity index is 435. The average molecular weight is 264 g/mol. The number of ether oxygens (including phenoxy) is 2. The first-order valence-corrected chi connectivity index (χ1v) is 7.73. The quantitative estimate of drug-likeness (QED) is 0.675. The van der Waals surface area contributed by atoms with Crippen LogP contribution < -0.4 is 0 Å². The number of rotatable bonds is 0. The summed E-state index contributed by atoms with van der Waals surface area (Å²) in [5.74, 6) is 1.37. The molecular formula is C16H24O3. The largest absolute Gasteiger partial charge is 0.347 e. The molecule has 0 radical (unpaired) electrons. The Morgan fingerprint density at radius 1 is 1.11 bits per heavy atom. The van der Waals surface area contributed by atoms with Crippen LogP contribution in [0.2, 0.25) is 0 Å². The summed E-state index contributed by atoms with van der Waals surface area (Å²) in [7, 11) is 0. The van der Waals surface area contributed by atoms with Gasteiger partial charge in [0.1, 0.15) is 5.78 Å². The Hall–Kier alpha value is -0.410. The highest BCUT2D eigenvalue weighted by atomic mass is 16.7. The van der Waals surface area contributed by atoms with Crippen molar-refractivity contribution < 1.29 is 14.3 Å². The Morgan fingerprint density at radius 2 is 1.79 bits per heavy atom. The van der Waals surface area contributed by atoms with Gasteiger partial charge in [0.2, 0.25) is 0 Å². The number of hydrogen-bond donors (Lipinski definition) is 0. The Balaban J connectivity index is 1.79. The van der Waals surface area contributed by atoms with Crippen molar-refractivity contribution in [3.63, 3.8) is 0 Å². The van der Waals surface area contributed by atoms with Gasteiger partial charge in [-0.2, -0.15) is 0 Å². The number of ketones is 1. The predicted molar refractivity (Wildman–Crippen MR) is 70.5 cm³/mol. The van der Waals surface area contributed by atoms with Gasteiger partial charge in [-0.05, 0) is 29.6 Å². The van der Waals surface area contributed by atoms with Gasteiger partial charge in [-0.3, -0.25) is 4.79 Å². The molecule has 0 unspecified atom stereocenters. The number of Topliss-reactive ketones (excluding diaryl/α,β-unsaturated/α-hetero) is 1. The summed E-state index contributed by atoms with van der Waals surface area (Å²) in [4.78, 5) is 12.2. The Labute approximate surface area is 115 Å². The third kappa shape index (κ3) is 1.25. The predicted octanol–water partition coefficient (Wildman–Crippen LogP) is 2.78. The van der Waals surface area contributed by atoms with Crippen molar-refractivity contribution in [3.8, 4) is 0 Å². The van der Waals surface area contributed by atoms with E-state index in [2.05, 4.69) is 20.8 Å². The van der Waals surface area contributed by atoms with E-state index in [0.717, 1.165) is 38.9 Å². The smallest absolute Gasteiger partial charge is 0.171 e. The normalized spacial score (nSPS) is 49.8. The summed E-state index contributed by atoms with van der Waals surface area (Å²) < 4.78 is 12.1. The lowest BCUT2D eigenvalue weighted by atomic mass is 9.66. The van der Waals surface area contributed by atoms with E-state index in [1.165, 1.54) is 0 Å².